The lowest BCUT2D eigenvalue weighted by Gasteiger charge is -2.18. The van der Waals surface area contributed by atoms with Crippen LogP contribution in [-0.2, 0) is 28.6 Å². The topological polar surface area (TPSA) is 78.9 Å². The maximum Gasteiger partial charge on any atom is 0.306 e. The minimum atomic E-state index is -0.854. The van der Waals surface area contributed by atoms with Crippen molar-refractivity contribution in [1.82, 2.24) is 0 Å². The largest absolute Gasteiger partial charge is 0.462 e. The van der Waals surface area contributed by atoms with Gasteiger partial charge in [0.25, 0.3) is 0 Å². The summed E-state index contributed by atoms with van der Waals surface area (Å²) in [7, 11) is 0. The zero-order chi connectivity index (χ0) is 51.4. The Kier molecular flexibility index (Phi) is 53.1. The standard InChI is InChI=1S/C65H98O6/c1-4-7-10-13-16-19-22-25-28-31-32-35-37-40-43-46-49-52-55-58-64(67)70-61-62(71-65(68)59-56-53-50-47-44-41-38-34-30-27-24-21-18-15-12-9-6-3)60-69-63(66)57-54-51-48-45-42-39-36-33-29-26-23-20-17-14-11-8-5-2/h8-9,11-12,16-21,25-30,32,35-36,38-41,43,45,48-49,52,62H,4-7,10,13-15,22-24,31,33-34,37,42,44,46-47,50-51,53-61H2,1-3H3/b11-8-,12-9-,19-16-,20-17-,21-18-,28-25-,29-26-,30-27-,35-32-,39-36-,41-38-,43-40-,48-45-,52-49-/t62-/m1/s1. The van der Waals surface area contributed by atoms with Gasteiger partial charge in [0, 0.05) is 19.3 Å². The van der Waals surface area contributed by atoms with E-state index in [1.165, 1.54) is 25.7 Å². The molecule has 0 fully saturated rings. The van der Waals surface area contributed by atoms with Crippen LogP contribution in [0.5, 0.6) is 0 Å². The molecule has 0 aromatic heterocycles. The Labute approximate surface area is 434 Å². The second kappa shape index (κ2) is 57.3. The van der Waals surface area contributed by atoms with E-state index in [9.17, 15) is 14.4 Å². The summed E-state index contributed by atoms with van der Waals surface area (Å²) in [5, 5.41) is 0. The van der Waals surface area contributed by atoms with Gasteiger partial charge in [-0.05, 0) is 135 Å². The molecule has 394 valence electrons. The quantitative estimate of drug-likeness (QED) is 0.0262. The van der Waals surface area contributed by atoms with Crippen LogP contribution in [0.25, 0.3) is 0 Å². The molecule has 6 nitrogen and oxygen atoms in total. The minimum absolute atomic E-state index is 0.149. The predicted molar refractivity (Wildman–Crippen MR) is 306 cm³/mol. The van der Waals surface area contributed by atoms with Crippen molar-refractivity contribution >= 4 is 17.9 Å². The molecular formula is C65H98O6. The number of allylic oxidation sites excluding steroid dienone is 28. The van der Waals surface area contributed by atoms with Gasteiger partial charge in [0.05, 0.1) is 0 Å². The predicted octanol–water partition coefficient (Wildman–Crippen LogP) is 18.8. The molecule has 0 amide bonds. The van der Waals surface area contributed by atoms with E-state index in [0.717, 1.165) is 116 Å². The Morgan fingerprint density at radius 1 is 0.296 bits per heavy atom. The van der Waals surface area contributed by atoms with E-state index in [0.29, 0.717) is 19.3 Å². The molecular weight excluding hydrogens is 877 g/mol. The van der Waals surface area contributed by atoms with Crippen LogP contribution >= 0.6 is 0 Å². The Balaban J connectivity index is 4.67. The van der Waals surface area contributed by atoms with Crippen LogP contribution in [0.2, 0.25) is 0 Å². The zero-order valence-electron chi connectivity index (χ0n) is 44.9. The number of carbonyl (C=O) groups is 3. The van der Waals surface area contributed by atoms with Crippen molar-refractivity contribution < 1.29 is 28.6 Å². The third-order valence-corrected chi connectivity index (χ3v) is 10.7. The van der Waals surface area contributed by atoms with E-state index in [-0.39, 0.29) is 50.4 Å². The first-order valence-corrected chi connectivity index (χ1v) is 27.6. The lowest BCUT2D eigenvalue weighted by Crippen LogP contribution is -2.30. The average Bonchev–Trinajstić information content (AvgIpc) is 3.37. The lowest BCUT2D eigenvalue weighted by molar-refractivity contribution is -0.166. The van der Waals surface area contributed by atoms with Gasteiger partial charge in [-0.1, -0.05) is 217 Å². The highest BCUT2D eigenvalue weighted by molar-refractivity contribution is 5.71. The van der Waals surface area contributed by atoms with Crippen LogP contribution < -0.4 is 0 Å². The van der Waals surface area contributed by atoms with E-state index in [1.54, 1.807) is 0 Å². The molecule has 0 aromatic carbocycles. The number of hydrogen-bond acceptors (Lipinski definition) is 6. The summed E-state index contributed by atoms with van der Waals surface area (Å²) in [6.45, 7) is 6.22. The number of esters is 3. The number of unbranched alkanes of at least 4 members (excludes halogenated alkanes) is 8. The maximum absolute atomic E-state index is 12.8. The molecule has 0 saturated carbocycles. The van der Waals surface area contributed by atoms with Crippen LogP contribution in [0.1, 0.15) is 201 Å². The summed E-state index contributed by atoms with van der Waals surface area (Å²) in [6, 6.07) is 0. The molecule has 0 radical (unpaired) electrons. The first kappa shape index (κ1) is 65.8. The van der Waals surface area contributed by atoms with Crippen LogP contribution in [0, 0.1) is 0 Å². The average molecular weight is 975 g/mol. The molecule has 0 aliphatic heterocycles. The SMILES string of the molecule is CC/C=C\C/C=C\C/C=C\C/C=C\C/C=C\CCCC(=O)OC[C@H](COC(=O)CC/C=C\C/C=C\C/C=C\C/C=C\C/C=C\CCCCC)OC(=O)CCCCCC/C=C\C/C=C\C/C=C\C/C=C\CC. The highest BCUT2D eigenvalue weighted by atomic mass is 16.6. The van der Waals surface area contributed by atoms with E-state index in [4.69, 9.17) is 14.2 Å². The van der Waals surface area contributed by atoms with Crippen LogP contribution in [0.3, 0.4) is 0 Å². The fourth-order valence-corrected chi connectivity index (χ4v) is 6.63. The van der Waals surface area contributed by atoms with Gasteiger partial charge >= 0.3 is 17.9 Å². The van der Waals surface area contributed by atoms with Crippen LogP contribution in [0.15, 0.2) is 170 Å². The molecule has 71 heavy (non-hydrogen) atoms. The summed E-state index contributed by atoms with van der Waals surface area (Å²) in [4.78, 5) is 38.1. The molecule has 0 rings (SSSR count). The van der Waals surface area contributed by atoms with Crippen molar-refractivity contribution in [3.63, 3.8) is 0 Å². The van der Waals surface area contributed by atoms with Gasteiger partial charge in [-0.15, -0.1) is 0 Å². The second-order valence-corrected chi connectivity index (χ2v) is 17.4. The smallest absolute Gasteiger partial charge is 0.306 e. The van der Waals surface area contributed by atoms with Gasteiger partial charge < -0.3 is 14.2 Å². The number of rotatable bonds is 47. The van der Waals surface area contributed by atoms with Gasteiger partial charge in [-0.2, -0.15) is 0 Å². The zero-order valence-corrected chi connectivity index (χ0v) is 44.9. The highest BCUT2D eigenvalue weighted by Crippen LogP contribution is 2.10. The van der Waals surface area contributed by atoms with E-state index in [1.807, 2.05) is 12.2 Å². The minimum Gasteiger partial charge on any atom is -0.462 e. The molecule has 0 bridgehead atoms. The molecule has 0 N–H and O–H groups in total. The number of ether oxygens (including phenoxy) is 3. The van der Waals surface area contributed by atoms with Crippen molar-refractivity contribution in [2.45, 2.75) is 207 Å². The van der Waals surface area contributed by atoms with E-state index >= 15 is 0 Å². The van der Waals surface area contributed by atoms with E-state index in [2.05, 4.69) is 179 Å². The molecule has 0 unspecified atom stereocenters. The van der Waals surface area contributed by atoms with Crippen molar-refractivity contribution in [1.29, 1.82) is 0 Å². The normalized spacial score (nSPS) is 13.5. The van der Waals surface area contributed by atoms with Crippen molar-refractivity contribution in [2.75, 3.05) is 13.2 Å². The second-order valence-electron chi connectivity index (χ2n) is 17.4. The number of hydrogen-bond donors (Lipinski definition) is 0. The Hall–Kier alpha value is -5.23. The van der Waals surface area contributed by atoms with Gasteiger partial charge in [-0.3, -0.25) is 14.4 Å². The summed E-state index contributed by atoms with van der Waals surface area (Å²) in [6.07, 6.45) is 85.0. The van der Waals surface area contributed by atoms with Gasteiger partial charge in [0.2, 0.25) is 0 Å². The Morgan fingerprint density at radius 3 is 0.972 bits per heavy atom. The first-order chi connectivity index (χ1) is 35.0. The summed E-state index contributed by atoms with van der Waals surface area (Å²) in [5.74, 6) is -1.12. The molecule has 1 atom stereocenters. The molecule has 6 heteroatoms. The Bertz CT molecular complexity index is 1690. The fraction of sp³-hybridized carbons (Fsp3) is 0.523. The third-order valence-electron chi connectivity index (χ3n) is 10.7. The van der Waals surface area contributed by atoms with E-state index < -0.39 is 6.10 Å². The molecule has 0 spiro atoms. The fourth-order valence-electron chi connectivity index (χ4n) is 6.63. The van der Waals surface area contributed by atoms with Crippen molar-refractivity contribution in [2.24, 2.45) is 0 Å². The highest BCUT2D eigenvalue weighted by Gasteiger charge is 2.19. The summed E-state index contributed by atoms with van der Waals surface area (Å²) >= 11 is 0. The summed E-state index contributed by atoms with van der Waals surface area (Å²) in [5.41, 5.74) is 0. The molecule has 0 aliphatic carbocycles. The third kappa shape index (κ3) is 55.6. The molecule has 0 aromatic rings. The summed E-state index contributed by atoms with van der Waals surface area (Å²) < 4.78 is 16.7. The Morgan fingerprint density at radius 2 is 0.592 bits per heavy atom. The maximum atomic E-state index is 12.8. The van der Waals surface area contributed by atoms with Gasteiger partial charge in [-0.25, -0.2) is 0 Å². The molecule has 0 saturated heterocycles. The monoisotopic (exact) mass is 975 g/mol. The van der Waals surface area contributed by atoms with Gasteiger partial charge in [0.15, 0.2) is 6.10 Å². The number of carbonyl (C=O) groups excluding carboxylic acids is 3. The van der Waals surface area contributed by atoms with Crippen LogP contribution in [-0.4, -0.2) is 37.2 Å². The first-order valence-electron chi connectivity index (χ1n) is 27.6. The molecule has 0 heterocycles. The van der Waals surface area contributed by atoms with Crippen molar-refractivity contribution in [3.05, 3.63) is 170 Å². The van der Waals surface area contributed by atoms with Crippen LogP contribution in [0.4, 0.5) is 0 Å². The molecule has 0 aliphatic rings. The van der Waals surface area contributed by atoms with Gasteiger partial charge in [0.1, 0.15) is 13.2 Å². The lowest BCUT2D eigenvalue weighted by atomic mass is 10.1. The van der Waals surface area contributed by atoms with Crippen molar-refractivity contribution in [3.8, 4) is 0 Å².